The molecule has 1 heterocycles. The lowest BCUT2D eigenvalue weighted by atomic mass is 9.83. The molecule has 5 atom stereocenters. The first kappa shape index (κ1) is 42.9. The monoisotopic (exact) mass is 653 g/mol. The molecule has 0 radical (unpaired) electrons. The number of rotatable bonds is 13. The van der Waals surface area contributed by atoms with Crippen LogP contribution in [-0.2, 0) is 24.0 Å². The van der Waals surface area contributed by atoms with Crippen LogP contribution in [-0.4, -0.2) is 111 Å². The second-order valence-electron chi connectivity index (χ2n) is 14.5. The number of amides is 5. The molecule has 0 spiro atoms. The summed E-state index contributed by atoms with van der Waals surface area (Å²) < 4.78 is 0. The molecule has 2 rings (SSSR count). The van der Waals surface area contributed by atoms with Gasteiger partial charge in [-0.2, -0.15) is 0 Å². The molecule has 0 aromatic heterocycles. The van der Waals surface area contributed by atoms with E-state index in [4.69, 9.17) is 5.73 Å². The third kappa shape index (κ3) is 15.5. The standard InChI is InChI=1S/C26H44N6O6.C4H10.C3H9N/c1-6-15(2)17-10-12-32(24(37)21(26(3,4)5)31-25(38)28-11-13-33)19(17)23(36)30-18(20(34)22(27)35)14-29-16-8-7-9-16;2*1-4(2)3/h13,15-19,21,29H,6-12,14H2,1-5H3,(H2,27,35)(H,30,36)(H2,28,31,38);4H,1-3H3;1-3H3/t15?,17-,18?,19?,21?;;/m1../s1. The molecule has 0 aromatic rings. The van der Waals surface area contributed by atoms with Crippen LogP contribution in [0.15, 0.2) is 0 Å². The summed E-state index contributed by atoms with van der Waals surface area (Å²) in [5.74, 6) is -2.26. The molecule has 13 heteroatoms. The average Bonchev–Trinajstić information content (AvgIpc) is 3.36. The third-order valence-corrected chi connectivity index (χ3v) is 7.70. The molecule has 0 bridgehead atoms. The van der Waals surface area contributed by atoms with Gasteiger partial charge in [0.25, 0.3) is 5.91 Å². The number of aldehydes is 1. The van der Waals surface area contributed by atoms with Gasteiger partial charge in [-0.15, -0.1) is 0 Å². The van der Waals surface area contributed by atoms with Crippen LogP contribution >= 0.6 is 0 Å². The van der Waals surface area contributed by atoms with E-state index in [0.29, 0.717) is 19.3 Å². The molecule has 266 valence electrons. The van der Waals surface area contributed by atoms with Gasteiger partial charge >= 0.3 is 6.03 Å². The number of carbonyl (C=O) groups excluding carboxylic acids is 6. The van der Waals surface area contributed by atoms with Gasteiger partial charge in [-0.05, 0) is 63.6 Å². The lowest BCUT2D eigenvalue weighted by Gasteiger charge is -2.37. The zero-order valence-corrected chi connectivity index (χ0v) is 30.2. The highest BCUT2D eigenvalue weighted by Crippen LogP contribution is 2.34. The van der Waals surface area contributed by atoms with Crippen LogP contribution in [0.25, 0.3) is 0 Å². The van der Waals surface area contributed by atoms with Gasteiger partial charge in [-0.3, -0.25) is 19.2 Å². The quantitative estimate of drug-likeness (QED) is 0.147. The van der Waals surface area contributed by atoms with Gasteiger partial charge in [0.1, 0.15) is 24.4 Å². The maximum absolute atomic E-state index is 13.8. The van der Waals surface area contributed by atoms with Crippen LogP contribution in [0.1, 0.15) is 87.5 Å². The minimum Gasteiger partial charge on any atom is -0.363 e. The van der Waals surface area contributed by atoms with E-state index in [1.165, 1.54) is 4.90 Å². The van der Waals surface area contributed by atoms with Gasteiger partial charge in [-0.1, -0.05) is 68.2 Å². The summed E-state index contributed by atoms with van der Waals surface area (Å²) in [6.45, 7) is 16.0. The van der Waals surface area contributed by atoms with Gasteiger partial charge < -0.3 is 41.6 Å². The number of hydrogen-bond donors (Lipinski definition) is 5. The normalized spacial score (nSPS) is 19.7. The highest BCUT2D eigenvalue weighted by Gasteiger charge is 2.48. The van der Waals surface area contributed by atoms with Crippen LogP contribution in [0, 0.1) is 23.2 Å². The van der Waals surface area contributed by atoms with E-state index in [9.17, 15) is 28.8 Å². The van der Waals surface area contributed by atoms with E-state index in [2.05, 4.69) is 42.0 Å². The van der Waals surface area contributed by atoms with Gasteiger partial charge in [0, 0.05) is 19.1 Å². The van der Waals surface area contributed by atoms with Gasteiger partial charge in [0.05, 0.1) is 6.54 Å². The first-order valence-electron chi connectivity index (χ1n) is 16.5. The largest absolute Gasteiger partial charge is 0.363 e. The van der Waals surface area contributed by atoms with Crippen LogP contribution in [0.3, 0.4) is 0 Å². The molecule has 5 amide bonds. The first-order valence-corrected chi connectivity index (χ1v) is 16.5. The van der Waals surface area contributed by atoms with Crippen LogP contribution in [0.5, 0.6) is 0 Å². The topological polar surface area (TPSA) is 183 Å². The zero-order chi connectivity index (χ0) is 35.8. The molecule has 2 fully saturated rings. The number of carbonyl (C=O) groups is 6. The fourth-order valence-electron chi connectivity index (χ4n) is 4.96. The number of hydrogen-bond acceptors (Lipinski definition) is 8. The Labute approximate surface area is 276 Å². The van der Waals surface area contributed by atoms with Crippen molar-refractivity contribution >= 4 is 35.8 Å². The summed E-state index contributed by atoms with van der Waals surface area (Å²) in [6.07, 6.45) is 4.86. The summed E-state index contributed by atoms with van der Waals surface area (Å²) in [7, 11) is 6.00. The van der Waals surface area contributed by atoms with Crippen molar-refractivity contribution in [2.75, 3.05) is 40.8 Å². The highest BCUT2D eigenvalue weighted by molar-refractivity contribution is 6.38. The van der Waals surface area contributed by atoms with Crippen molar-refractivity contribution < 1.29 is 28.8 Å². The Morgan fingerprint density at radius 3 is 1.93 bits per heavy atom. The summed E-state index contributed by atoms with van der Waals surface area (Å²) >= 11 is 0. The van der Waals surface area contributed by atoms with Crippen molar-refractivity contribution in [1.29, 1.82) is 0 Å². The predicted octanol–water partition coefficient (Wildman–Crippen LogP) is 1.68. The first-order chi connectivity index (χ1) is 21.3. The molecule has 0 aromatic carbocycles. The number of nitrogens with one attached hydrogen (secondary N) is 4. The van der Waals surface area contributed by atoms with Gasteiger partial charge in [0.2, 0.25) is 17.6 Å². The average molecular weight is 654 g/mol. The maximum atomic E-state index is 13.8. The van der Waals surface area contributed by atoms with Crippen molar-refractivity contribution in [3.05, 3.63) is 0 Å². The number of Topliss-reactive ketones (excluding diaryl/α,β-unsaturated/α-hetero) is 1. The van der Waals surface area contributed by atoms with Crippen molar-refractivity contribution in [3.63, 3.8) is 0 Å². The minimum absolute atomic E-state index is 0.0654. The number of urea groups is 1. The fraction of sp³-hybridized carbons (Fsp3) is 0.818. The van der Waals surface area contributed by atoms with Gasteiger partial charge in [0.15, 0.2) is 0 Å². The van der Waals surface area contributed by atoms with E-state index < -0.39 is 53.1 Å². The predicted molar refractivity (Wildman–Crippen MR) is 181 cm³/mol. The molecule has 2 aliphatic rings. The lowest BCUT2D eigenvalue weighted by molar-refractivity contribution is -0.144. The molecular formula is C33H63N7O6. The number of nitrogens with two attached hydrogens (primary N) is 1. The third-order valence-electron chi connectivity index (χ3n) is 7.70. The molecule has 1 aliphatic heterocycles. The zero-order valence-electron chi connectivity index (χ0n) is 30.2. The van der Waals surface area contributed by atoms with E-state index in [0.717, 1.165) is 31.6 Å². The Hall–Kier alpha value is -3.06. The second kappa shape index (κ2) is 20.9. The molecule has 1 saturated carbocycles. The number of primary amides is 1. The summed E-state index contributed by atoms with van der Waals surface area (Å²) in [5, 5.41) is 10.9. The summed E-state index contributed by atoms with van der Waals surface area (Å²) in [4.78, 5) is 78.3. The van der Waals surface area contributed by atoms with E-state index >= 15 is 0 Å². The summed E-state index contributed by atoms with van der Waals surface area (Å²) in [5.41, 5.74) is 4.55. The van der Waals surface area contributed by atoms with Crippen molar-refractivity contribution in [3.8, 4) is 0 Å². The minimum atomic E-state index is -1.15. The Bertz CT molecular complexity index is 982. The number of ketones is 1. The Kier molecular flexibility index (Phi) is 19.5. The van der Waals surface area contributed by atoms with Crippen LogP contribution in [0.2, 0.25) is 0 Å². The second-order valence-corrected chi connectivity index (χ2v) is 14.5. The summed E-state index contributed by atoms with van der Waals surface area (Å²) in [6, 6.07) is -3.48. The van der Waals surface area contributed by atoms with E-state index in [-0.39, 0.29) is 31.0 Å². The van der Waals surface area contributed by atoms with Crippen molar-refractivity contribution in [2.45, 2.75) is 112 Å². The Morgan fingerprint density at radius 2 is 1.52 bits per heavy atom. The SMILES string of the molecule is CC(C)C.CCC(C)[C@H]1CCN(C(=O)C(NC(=O)NCC=O)C(C)(C)C)C1C(=O)NC(CNC1CCC1)C(=O)C(N)=O.CN(C)C. The molecular weight excluding hydrogens is 590 g/mol. The van der Waals surface area contributed by atoms with Crippen molar-refractivity contribution in [1.82, 2.24) is 31.1 Å². The highest BCUT2D eigenvalue weighted by atomic mass is 16.2. The maximum Gasteiger partial charge on any atom is 0.315 e. The van der Waals surface area contributed by atoms with Gasteiger partial charge in [-0.25, -0.2) is 4.79 Å². The molecule has 6 N–H and O–H groups in total. The number of nitrogens with zero attached hydrogens (tertiary/aromatic N) is 2. The van der Waals surface area contributed by atoms with Crippen LogP contribution < -0.4 is 27.0 Å². The smallest absolute Gasteiger partial charge is 0.315 e. The lowest BCUT2D eigenvalue weighted by Crippen LogP contribution is -2.62. The molecule has 46 heavy (non-hydrogen) atoms. The molecule has 1 saturated heterocycles. The van der Waals surface area contributed by atoms with Crippen LogP contribution in [0.4, 0.5) is 4.79 Å². The molecule has 1 aliphatic carbocycles. The molecule has 4 unspecified atom stereocenters. The molecule has 13 nitrogen and oxygen atoms in total. The van der Waals surface area contributed by atoms with Crippen molar-refractivity contribution in [2.24, 2.45) is 28.9 Å². The number of likely N-dealkylation sites (tertiary alicyclic amines) is 1. The van der Waals surface area contributed by atoms with E-state index in [1.54, 1.807) is 20.8 Å². The Morgan fingerprint density at radius 1 is 0.978 bits per heavy atom. The fourth-order valence-corrected chi connectivity index (χ4v) is 4.96. The van der Waals surface area contributed by atoms with E-state index in [1.807, 2.05) is 39.9 Å². The Balaban J connectivity index is 0.00000226.